The predicted octanol–water partition coefficient (Wildman–Crippen LogP) is 1.30. The smallest absolute Gasteiger partial charge is 0.259 e. The number of aromatic nitrogens is 3. The van der Waals surface area contributed by atoms with Gasteiger partial charge >= 0.3 is 0 Å². The molecule has 88 valence electrons. The summed E-state index contributed by atoms with van der Waals surface area (Å²) < 4.78 is 1.44. The fourth-order valence-corrected chi connectivity index (χ4v) is 1.52. The van der Waals surface area contributed by atoms with Crippen LogP contribution in [-0.4, -0.2) is 20.7 Å². The standard InChI is InChI=1S/C10H10ClN5O/c1-16-10(13-5-14-16)15-9(17)6-3-2-4-7(12)8(6)11/h2-5H,12H2,1H3,(H,13,14,15,17). The first-order valence-corrected chi connectivity index (χ1v) is 5.16. The van der Waals surface area contributed by atoms with Crippen LogP contribution >= 0.6 is 11.6 Å². The van der Waals surface area contributed by atoms with Crippen LogP contribution in [0.15, 0.2) is 24.5 Å². The second kappa shape index (κ2) is 4.42. The lowest BCUT2D eigenvalue weighted by Crippen LogP contribution is -2.16. The van der Waals surface area contributed by atoms with Crippen LogP contribution in [0.2, 0.25) is 5.02 Å². The van der Waals surface area contributed by atoms with Gasteiger partial charge in [-0.3, -0.25) is 10.1 Å². The average molecular weight is 252 g/mol. The van der Waals surface area contributed by atoms with E-state index in [1.807, 2.05) is 0 Å². The zero-order valence-electron chi connectivity index (χ0n) is 9.01. The summed E-state index contributed by atoms with van der Waals surface area (Å²) in [7, 11) is 1.67. The van der Waals surface area contributed by atoms with E-state index in [9.17, 15) is 4.79 Å². The number of carbonyl (C=O) groups excluding carboxylic acids is 1. The molecule has 1 heterocycles. The van der Waals surface area contributed by atoms with E-state index in [4.69, 9.17) is 17.3 Å². The third kappa shape index (κ3) is 2.21. The van der Waals surface area contributed by atoms with Gasteiger partial charge in [0.25, 0.3) is 5.91 Å². The zero-order valence-corrected chi connectivity index (χ0v) is 9.77. The lowest BCUT2D eigenvalue weighted by atomic mass is 10.2. The number of hydrogen-bond donors (Lipinski definition) is 2. The molecular weight excluding hydrogens is 242 g/mol. The molecule has 0 aliphatic heterocycles. The van der Waals surface area contributed by atoms with Crippen molar-refractivity contribution in [1.82, 2.24) is 14.8 Å². The van der Waals surface area contributed by atoms with Crippen LogP contribution in [-0.2, 0) is 7.05 Å². The lowest BCUT2D eigenvalue weighted by Gasteiger charge is -2.06. The van der Waals surface area contributed by atoms with Gasteiger partial charge in [-0.25, -0.2) is 4.68 Å². The highest BCUT2D eigenvalue weighted by Gasteiger charge is 2.14. The Labute approximate surface area is 102 Å². The largest absolute Gasteiger partial charge is 0.398 e. The van der Waals surface area contributed by atoms with Gasteiger partial charge in [-0.05, 0) is 12.1 Å². The highest BCUT2D eigenvalue weighted by atomic mass is 35.5. The summed E-state index contributed by atoms with van der Waals surface area (Å²) in [6.07, 6.45) is 1.34. The minimum Gasteiger partial charge on any atom is -0.398 e. The van der Waals surface area contributed by atoms with Gasteiger partial charge in [0, 0.05) is 7.05 Å². The molecule has 0 fully saturated rings. The summed E-state index contributed by atoms with van der Waals surface area (Å²) >= 11 is 5.94. The fourth-order valence-electron chi connectivity index (χ4n) is 1.30. The van der Waals surface area contributed by atoms with Gasteiger partial charge in [0.2, 0.25) is 5.95 Å². The Morgan fingerprint density at radius 1 is 1.53 bits per heavy atom. The minimum atomic E-state index is -0.376. The maximum absolute atomic E-state index is 11.9. The zero-order chi connectivity index (χ0) is 12.4. The Balaban J connectivity index is 2.27. The molecular formula is C10H10ClN5O. The first-order chi connectivity index (χ1) is 8.09. The number of carbonyl (C=O) groups is 1. The van der Waals surface area contributed by atoms with Gasteiger partial charge in [0.15, 0.2) is 0 Å². The number of halogens is 1. The van der Waals surface area contributed by atoms with Crippen molar-refractivity contribution in [3.63, 3.8) is 0 Å². The molecule has 1 amide bonds. The summed E-state index contributed by atoms with van der Waals surface area (Å²) in [6, 6.07) is 4.87. The number of nitrogens with one attached hydrogen (secondary N) is 1. The Bertz CT molecular complexity index is 566. The molecule has 6 nitrogen and oxygen atoms in total. The quantitative estimate of drug-likeness (QED) is 0.788. The van der Waals surface area contributed by atoms with Crippen molar-refractivity contribution in [2.45, 2.75) is 0 Å². The van der Waals surface area contributed by atoms with Crippen molar-refractivity contribution in [1.29, 1.82) is 0 Å². The lowest BCUT2D eigenvalue weighted by molar-refractivity contribution is 0.102. The molecule has 2 rings (SSSR count). The van der Waals surface area contributed by atoms with E-state index in [0.29, 0.717) is 17.2 Å². The number of anilines is 2. The van der Waals surface area contributed by atoms with E-state index in [1.54, 1.807) is 25.2 Å². The first kappa shape index (κ1) is 11.4. The SMILES string of the molecule is Cn1ncnc1NC(=O)c1cccc(N)c1Cl. The molecule has 0 radical (unpaired) electrons. The van der Waals surface area contributed by atoms with Crippen molar-refractivity contribution in [3.05, 3.63) is 35.1 Å². The van der Waals surface area contributed by atoms with Gasteiger partial charge in [0.05, 0.1) is 16.3 Å². The van der Waals surface area contributed by atoms with Crippen molar-refractivity contribution in [3.8, 4) is 0 Å². The van der Waals surface area contributed by atoms with Gasteiger partial charge in [-0.2, -0.15) is 10.1 Å². The van der Waals surface area contributed by atoms with Gasteiger partial charge in [-0.15, -0.1) is 0 Å². The van der Waals surface area contributed by atoms with Crippen LogP contribution in [0.3, 0.4) is 0 Å². The van der Waals surface area contributed by atoms with Crippen LogP contribution in [0.4, 0.5) is 11.6 Å². The van der Waals surface area contributed by atoms with E-state index in [1.165, 1.54) is 11.0 Å². The minimum absolute atomic E-state index is 0.229. The molecule has 17 heavy (non-hydrogen) atoms. The highest BCUT2D eigenvalue weighted by molar-refractivity contribution is 6.36. The number of nitrogens with zero attached hydrogens (tertiary/aromatic N) is 3. The summed E-state index contributed by atoms with van der Waals surface area (Å²) in [5, 5.41) is 6.65. The molecule has 0 saturated carbocycles. The molecule has 1 aromatic heterocycles. The second-order valence-corrected chi connectivity index (χ2v) is 3.75. The van der Waals surface area contributed by atoms with E-state index >= 15 is 0 Å². The molecule has 1 aromatic carbocycles. The third-order valence-corrected chi connectivity index (χ3v) is 2.63. The first-order valence-electron chi connectivity index (χ1n) is 4.79. The van der Waals surface area contributed by atoms with Crippen molar-refractivity contribution in [2.24, 2.45) is 7.05 Å². The van der Waals surface area contributed by atoms with Gasteiger partial charge in [-0.1, -0.05) is 17.7 Å². The molecule has 0 unspecified atom stereocenters. The van der Waals surface area contributed by atoms with Crippen LogP contribution in [0.5, 0.6) is 0 Å². The Morgan fingerprint density at radius 3 is 2.94 bits per heavy atom. The molecule has 0 atom stereocenters. The molecule has 0 aliphatic carbocycles. The van der Waals surface area contributed by atoms with E-state index in [-0.39, 0.29) is 10.9 Å². The van der Waals surface area contributed by atoms with Crippen molar-refractivity contribution in [2.75, 3.05) is 11.1 Å². The summed E-state index contributed by atoms with van der Waals surface area (Å²) in [5.41, 5.74) is 6.28. The number of rotatable bonds is 2. The normalized spacial score (nSPS) is 10.2. The summed E-state index contributed by atoms with van der Waals surface area (Å²) in [5.74, 6) is -0.0353. The Kier molecular flexibility index (Phi) is 2.97. The summed E-state index contributed by atoms with van der Waals surface area (Å²) in [4.78, 5) is 15.8. The van der Waals surface area contributed by atoms with Crippen molar-refractivity contribution >= 4 is 29.1 Å². The Hall–Kier alpha value is -2.08. The summed E-state index contributed by atoms with van der Waals surface area (Å²) in [6.45, 7) is 0. The van der Waals surface area contributed by atoms with Crippen LogP contribution in [0.1, 0.15) is 10.4 Å². The van der Waals surface area contributed by atoms with Gasteiger partial charge < -0.3 is 5.73 Å². The molecule has 0 saturated heterocycles. The third-order valence-electron chi connectivity index (χ3n) is 2.21. The van der Waals surface area contributed by atoms with Crippen LogP contribution in [0, 0.1) is 0 Å². The van der Waals surface area contributed by atoms with Crippen molar-refractivity contribution < 1.29 is 4.79 Å². The van der Waals surface area contributed by atoms with E-state index in [0.717, 1.165) is 0 Å². The Morgan fingerprint density at radius 2 is 2.29 bits per heavy atom. The predicted molar refractivity (Wildman–Crippen MR) is 64.8 cm³/mol. The van der Waals surface area contributed by atoms with E-state index in [2.05, 4.69) is 15.4 Å². The highest BCUT2D eigenvalue weighted by Crippen LogP contribution is 2.23. The molecule has 7 heteroatoms. The molecule has 0 aliphatic rings. The number of nitrogen functional groups attached to an aromatic ring is 1. The average Bonchev–Trinajstić information content (AvgIpc) is 2.68. The van der Waals surface area contributed by atoms with E-state index < -0.39 is 0 Å². The molecule has 0 spiro atoms. The van der Waals surface area contributed by atoms with Crippen LogP contribution in [0.25, 0.3) is 0 Å². The maximum Gasteiger partial charge on any atom is 0.259 e. The molecule has 3 N–H and O–H groups in total. The van der Waals surface area contributed by atoms with Gasteiger partial charge in [0.1, 0.15) is 6.33 Å². The molecule has 2 aromatic rings. The van der Waals surface area contributed by atoms with Crippen LogP contribution < -0.4 is 11.1 Å². The monoisotopic (exact) mass is 251 g/mol. The number of aryl methyl sites for hydroxylation is 1. The number of nitrogens with two attached hydrogens (primary N) is 1. The second-order valence-electron chi connectivity index (χ2n) is 3.37. The number of benzene rings is 1. The fraction of sp³-hybridized carbons (Fsp3) is 0.100. The molecule has 0 bridgehead atoms. The number of amides is 1. The topological polar surface area (TPSA) is 85.8 Å². The maximum atomic E-state index is 11.9. The number of hydrogen-bond acceptors (Lipinski definition) is 4.